The summed E-state index contributed by atoms with van der Waals surface area (Å²) in [6, 6.07) is 7.11. The molecule has 0 spiro atoms. The highest BCUT2D eigenvalue weighted by molar-refractivity contribution is 5.90. The van der Waals surface area contributed by atoms with E-state index >= 15 is 0 Å². The van der Waals surface area contributed by atoms with Crippen LogP contribution in [0.4, 0.5) is 0 Å². The lowest BCUT2D eigenvalue weighted by Crippen LogP contribution is -2.59. The standard InChI is InChI=1S/C39H67N5O7/c1-13-25(6)34(43(10)39(49)33(24(4)5)42-38(48)32(40-9)23(2)3)30(50-11)21-31(45)44-20-19-29(22-44)36(51-12)26(7)37(47)41-27(8)35(46)28-17-15-14-16-18-28/h14-18,23-27,29-30,32-36,40,46H,13,19-22H2,1-12H3,(H,41,47)(H,42,48)/t25-,26+,27+,29?,30+,32-,33-,34-,35+,36+/m0/s1. The Kier molecular flexibility index (Phi) is 18.0. The number of likely N-dealkylation sites (tertiary alicyclic amines) is 1. The largest absolute Gasteiger partial charge is 0.386 e. The van der Waals surface area contributed by atoms with Gasteiger partial charge in [0.2, 0.25) is 23.6 Å². The molecule has 0 aliphatic carbocycles. The zero-order valence-electron chi connectivity index (χ0n) is 33.1. The molecule has 51 heavy (non-hydrogen) atoms. The summed E-state index contributed by atoms with van der Waals surface area (Å²) in [6.07, 6.45) is -0.353. The zero-order chi connectivity index (χ0) is 38.6. The number of aliphatic hydroxyl groups excluding tert-OH is 1. The minimum atomic E-state index is -0.851. The first-order chi connectivity index (χ1) is 24.0. The first kappa shape index (κ1) is 44.1. The van der Waals surface area contributed by atoms with Gasteiger partial charge in [-0.3, -0.25) is 19.2 Å². The second kappa shape index (κ2) is 20.8. The Morgan fingerprint density at radius 2 is 1.53 bits per heavy atom. The van der Waals surface area contributed by atoms with Crippen LogP contribution in [0.5, 0.6) is 0 Å². The van der Waals surface area contributed by atoms with Crippen molar-refractivity contribution in [1.29, 1.82) is 0 Å². The number of benzene rings is 1. The molecule has 4 N–H and O–H groups in total. The summed E-state index contributed by atoms with van der Waals surface area (Å²) in [5.74, 6) is -1.45. The van der Waals surface area contributed by atoms with E-state index in [9.17, 15) is 24.3 Å². The fraction of sp³-hybridized carbons (Fsp3) is 0.744. The van der Waals surface area contributed by atoms with Crippen LogP contribution in [0.15, 0.2) is 30.3 Å². The van der Waals surface area contributed by atoms with Crippen LogP contribution >= 0.6 is 0 Å². The van der Waals surface area contributed by atoms with Gasteiger partial charge in [0.1, 0.15) is 6.04 Å². The third-order valence-corrected chi connectivity index (χ3v) is 10.8. The molecule has 1 fully saturated rings. The molecule has 2 rings (SSSR count). The van der Waals surface area contributed by atoms with Crippen LogP contribution in [-0.4, -0.2) is 116 Å². The molecule has 1 unspecified atom stereocenters. The Bertz CT molecular complexity index is 1250. The number of amides is 4. The highest BCUT2D eigenvalue weighted by Gasteiger charge is 2.41. The Morgan fingerprint density at radius 1 is 0.922 bits per heavy atom. The van der Waals surface area contributed by atoms with Crippen LogP contribution in [0.1, 0.15) is 86.3 Å². The summed E-state index contributed by atoms with van der Waals surface area (Å²) < 4.78 is 11.8. The summed E-state index contributed by atoms with van der Waals surface area (Å²) in [7, 11) is 6.62. The van der Waals surface area contributed by atoms with E-state index in [1.165, 1.54) is 0 Å². The third-order valence-electron chi connectivity index (χ3n) is 10.8. The molecule has 1 saturated heterocycles. The number of nitrogens with zero attached hydrogens (tertiary/aromatic N) is 2. The molecule has 0 bridgehead atoms. The van der Waals surface area contributed by atoms with Crippen molar-refractivity contribution < 1.29 is 33.8 Å². The van der Waals surface area contributed by atoms with Gasteiger partial charge < -0.3 is 40.3 Å². The van der Waals surface area contributed by atoms with Gasteiger partial charge in [-0.15, -0.1) is 0 Å². The van der Waals surface area contributed by atoms with Crippen LogP contribution in [0.25, 0.3) is 0 Å². The summed E-state index contributed by atoms with van der Waals surface area (Å²) >= 11 is 0. The van der Waals surface area contributed by atoms with E-state index in [4.69, 9.17) is 9.47 Å². The molecule has 12 nitrogen and oxygen atoms in total. The van der Waals surface area contributed by atoms with Crippen LogP contribution in [0, 0.1) is 29.6 Å². The fourth-order valence-electron chi connectivity index (χ4n) is 7.38. The summed E-state index contributed by atoms with van der Waals surface area (Å²) in [5.41, 5.74) is 0.725. The van der Waals surface area contributed by atoms with Crippen molar-refractivity contribution in [3.05, 3.63) is 35.9 Å². The van der Waals surface area contributed by atoms with Crippen molar-refractivity contribution in [3.63, 3.8) is 0 Å². The molecule has 1 aliphatic heterocycles. The molecule has 10 atom stereocenters. The van der Waals surface area contributed by atoms with Crippen molar-refractivity contribution in [1.82, 2.24) is 25.8 Å². The van der Waals surface area contributed by atoms with Crippen molar-refractivity contribution in [2.75, 3.05) is 41.4 Å². The van der Waals surface area contributed by atoms with E-state index in [2.05, 4.69) is 16.0 Å². The molecule has 1 aliphatic rings. The molecule has 0 saturated carbocycles. The molecule has 1 aromatic carbocycles. The number of aliphatic hydroxyl groups is 1. The number of ether oxygens (including phenoxy) is 2. The number of likely N-dealkylation sites (N-methyl/N-ethyl adjacent to an activating group) is 2. The lowest BCUT2D eigenvalue weighted by Gasteiger charge is -2.40. The van der Waals surface area contributed by atoms with Gasteiger partial charge in [0.15, 0.2) is 0 Å². The van der Waals surface area contributed by atoms with E-state index in [1.54, 1.807) is 45.0 Å². The first-order valence-corrected chi connectivity index (χ1v) is 18.6. The molecule has 290 valence electrons. The predicted molar refractivity (Wildman–Crippen MR) is 200 cm³/mol. The molecule has 0 aromatic heterocycles. The van der Waals surface area contributed by atoms with Crippen molar-refractivity contribution in [3.8, 4) is 0 Å². The predicted octanol–water partition coefficient (Wildman–Crippen LogP) is 3.39. The van der Waals surface area contributed by atoms with Gasteiger partial charge in [0, 0.05) is 40.3 Å². The summed E-state index contributed by atoms with van der Waals surface area (Å²) in [5, 5.41) is 19.7. The highest BCUT2D eigenvalue weighted by atomic mass is 16.5. The molecule has 12 heteroatoms. The maximum absolute atomic E-state index is 14.1. The minimum absolute atomic E-state index is 0.00676. The number of carbonyl (C=O) groups is 4. The van der Waals surface area contributed by atoms with Crippen molar-refractivity contribution in [2.45, 2.75) is 117 Å². The van der Waals surface area contributed by atoms with Gasteiger partial charge in [0.05, 0.1) is 48.8 Å². The lowest BCUT2D eigenvalue weighted by atomic mass is 9.89. The fourth-order valence-corrected chi connectivity index (χ4v) is 7.38. The van der Waals surface area contributed by atoms with Crippen molar-refractivity contribution in [2.24, 2.45) is 29.6 Å². The van der Waals surface area contributed by atoms with Gasteiger partial charge in [-0.05, 0) is 43.7 Å². The number of methoxy groups -OCH3 is 2. The average molecular weight is 718 g/mol. The third kappa shape index (κ3) is 11.7. The number of carbonyl (C=O) groups excluding carboxylic acids is 4. The number of rotatable bonds is 20. The van der Waals surface area contributed by atoms with E-state index in [0.29, 0.717) is 19.5 Å². The Balaban J connectivity index is 2.14. The van der Waals surface area contributed by atoms with Crippen molar-refractivity contribution >= 4 is 23.6 Å². The van der Waals surface area contributed by atoms with Crippen LogP contribution in [-0.2, 0) is 28.7 Å². The summed E-state index contributed by atoms with van der Waals surface area (Å²) in [6.45, 7) is 16.4. The Hall–Kier alpha value is -3.06. The number of nitrogens with one attached hydrogen (secondary N) is 3. The lowest BCUT2D eigenvalue weighted by molar-refractivity contribution is -0.145. The van der Waals surface area contributed by atoms with Gasteiger partial charge in [-0.2, -0.15) is 0 Å². The maximum atomic E-state index is 14.1. The van der Waals surface area contributed by atoms with E-state index in [0.717, 1.165) is 12.0 Å². The topological polar surface area (TPSA) is 150 Å². The smallest absolute Gasteiger partial charge is 0.245 e. The Labute approximate surface area is 306 Å². The number of hydrogen-bond donors (Lipinski definition) is 4. The molecule has 4 amide bonds. The zero-order valence-corrected chi connectivity index (χ0v) is 33.1. The minimum Gasteiger partial charge on any atom is -0.386 e. The van der Waals surface area contributed by atoms with Gasteiger partial charge in [-0.1, -0.05) is 85.2 Å². The molecular weight excluding hydrogens is 650 g/mol. The van der Waals surface area contributed by atoms with Gasteiger partial charge in [-0.25, -0.2) is 0 Å². The monoisotopic (exact) mass is 718 g/mol. The van der Waals surface area contributed by atoms with Crippen LogP contribution in [0.2, 0.25) is 0 Å². The second-order valence-electron chi connectivity index (χ2n) is 15.1. The van der Waals surface area contributed by atoms with Crippen LogP contribution < -0.4 is 16.0 Å². The number of hydrogen-bond acceptors (Lipinski definition) is 8. The average Bonchev–Trinajstić information content (AvgIpc) is 3.60. The normalized spacial score (nSPS) is 20.1. The van der Waals surface area contributed by atoms with Gasteiger partial charge in [0.25, 0.3) is 0 Å². The summed E-state index contributed by atoms with van der Waals surface area (Å²) in [4.78, 5) is 57.8. The highest BCUT2D eigenvalue weighted by Crippen LogP contribution is 2.29. The SMILES string of the molecule is CC[C@H](C)[C@@H]([C@@H](CC(=O)N1CCC([C@H](OC)[C@@H](C)C(=O)N[C@H](C)[C@@H](O)c2ccccc2)C1)OC)N(C)C(=O)[C@@H](NC(=O)[C@@H](NC)C(C)C)C(C)C. The van der Waals surface area contributed by atoms with E-state index in [-0.39, 0.29) is 53.7 Å². The van der Waals surface area contributed by atoms with Crippen LogP contribution in [0.3, 0.4) is 0 Å². The Morgan fingerprint density at radius 3 is 2.04 bits per heavy atom. The molecule has 0 radical (unpaired) electrons. The molecular formula is C39H67N5O7. The van der Waals surface area contributed by atoms with Gasteiger partial charge >= 0.3 is 0 Å². The van der Waals surface area contributed by atoms with E-state index < -0.39 is 48.4 Å². The van der Waals surface area contributed by atoms with E-state index in [1.807, 2.05) is 78.8 Å². The quantitative estimate of drug-likeness (QED) is 0.161. The maximum Gasteiger partial charge on any atom is 0.245 e. The second-order valence-corrected chi connectivity index (χ2v) is 15.1. The molecule has 1 aromatic rings. The first-order valence-electron chi connectivity index (χ1n) is 18.6. The molecule has 1 heterocycles.